The standard InChI is InChI=1S/C24H23Cl2N3O4/c1-14(2)15-3-5-16(6-4-15)22(31)28-9-7-27(8-10-28)21(30)13-29-23(32)17-11-19(25)20(26)12-18(17)24(29)33/h3-6,11-12,14H,7-10,13H2,1-2H3. The van der Waals surface area contributed by atoms with E-state index in [0.717, 1.165) is 4.90 Å². The first kappa shape index (κ1) is 23.3. The molecule has 33 heavy (non-hydrogen) atoms. The van der Waals surface area contributed by atoms with E-state index in [4.69, 9.17) is 23.2 Å². The van der Waals surface area contributed by atoms with Crippen LogP contribution in [0.15, 0.2) is 36.4 Å². The Bertz CT molecular complexity index is 1100. The zero-order valence-corrected chi connectivity index (χ0v) is 19.8. The van der Waals surface area contributed by atoms with Crippen LogP contribution in [0, 0.1) is 0 Å². The first-order valence-electron chi connectivity index (χ1n) is 10.7. The van der Waals surface area contributed by atoms with E-state index in [1.54, 1.807) is 9.80 Å². The maximum atomic E-state index is 12.8. The number of carbonyl (C=O) groups is 4. The zero-order chi connectivity index (χ0) is 23.9. The molecule has 2 aliphatic heterocycles. The summed E-state index contributed by atoms with van der Waals surface area (Å²) in [5.41, 5.74) is 2.06. The van der Waals surface area contributed by atoms with E-state index in [9.17, 15) is 19.2 Å². The molecular weight excluding hydrogens is 465 g/mol. The third kappa shape index (κ3) is 4.48. The van der Waals surface area contributed by atoms with Crippen LogP contribution in [0.1, 0.15) is 56.4 Å². The third-order valence-electron chi connectivity index (χ3n) is 6.05. The van der Waals surface area contributed by atoms with Crippen LogP contribution in [0.4, 0.5) is 0 Å². The SMILES string of the molecule is CC(C)c1ccc(C(=O)N2CCN(C(=O)CN3C(=O)c4cc(Cl)c(Cl)cc4C3=O)CC2)cc1. The van der Waals surface area contributed by atoms with Crippen LogP contribution in [0.3, 0.4) is 0 Å². The Balaban J connectivity index is 1.35. The lowest BCUT2D eigenvalue weighted by molar-refractivity contribution is -0.132. The molecule has 2 aromatic rings. The molecule has 0 radical (unpaired) electrons. The van der Waals surface area contributed by atoms with E-state index in [2.05, 4.69) is 13.8 Å². The Morgan fingerprint density at radius 1 is 0.848 bits per heavy atom. The molecule has 172 valence electrons. The number of carbonyl (C=O) groups excluding carboxylic acids is 4. The van der Waals surface area contributed by atoms with Crippen molar-refractivity contribution in [2.45, 2.75) is 19.8 Å². The molecule has 0 aliphatic carbocycles. The molecule has 0 atom stereocenters. The summed E-state index contributed by atoms with van der Waals surface area (Å²) >= 11 is 11.9. The number of imide groups is 1. The van der Waals surface area contributed by atoms with Crippen molar-refractivity contribution < 1.29 is 19.2 Å². The molecule has 1 fully saturated rings. The fourth-order valence-electron chi connectivity index (χ4n) is 4.01. The number of benzene rings is 2. The van der Waals surface area contributed by atoms with Crippen LogP contribution in [-0.2, 0) is 4.79 Å². The molecule has 4 amide bonds. The predicted octanol–water partition coefficient (Wildman–Crippen LogP) is 3.70. The number of rotatable bonds is 4. The first-order valence-corrected chi connectivity index (χ1v) is 11.4. The quantitative estimate of drug-likeness (QED) is 0.615. The van der Waals surface area contributed by atoms with Gasteiger partial charge in [0.2, 0.25) is 5.91 Å². The van der Waals surface area contributed by atoms with Gasteiger partial charge in [0.05, 0.1) is 21.2 Å². The van der Waals surface area contributed by atoms with Crippen molar-refractivity contribution in [3.8, 4) is 0 Å². The minimum Gasteiger partial charge on any atom is -0.338 e. The molecular formula is C24H23Cl2N3O4. The van der Waals surface area contributed by atoms with Gasteiger partial charge in [0, 0.05) is 31.7 Å². The summed E-state index contributed by atoms with van der Waals surface area (Å²) in [5.74, 6) is -1.18. The average molecular weight is 488 g/mol. The number of halogens is 2. The molecule has 2 heterocycles. The number of piperazine rings is 1. The lowest BCUT2D eigenvalue weighted by Gasteiger charge is -2.35. The predicted molar refractivity (Wildman–Crippen MR) is 125 cm³/mol. The zero-order valence-electron chi connectivity index (χ0n) is 18.3. The lowest BCUT2D eigenvalue weighted by atomic mass is 10.0. The number of hydrogen-bond donors (Lipinski definition) is 0. The second-order valence-electron chi connectivity index (χ2n) is 8.46. The summed E-state index contributed by atoms with van der Waals surface area (Å²) in [4.78, 5) is 55.1. The Kier molecular flexibility index (Phi) is 6.45. The van der Waals surface area contributed by atoms with Gasteiger partial charge in [0.15, 0.2) is 0 Å². The molecule has 0 spiro atoms. The lowest BCUT2D eigenvalue weighted by Crippen LogP contribution is -2.53. The molecule has 0 N–H and O–H groups in total. The van der Waals surface area contributed by atoms with Crippen molar-refractivity contribution in [1.29, 1.82) is 0 Å². The fourth-order valence-corrected chi connectivity index (χ4v) is 4.34. The molecule has 1 saturated heterocycles. The van der Waals surface area contributed by atoms with E-state index >= 15 is 0 Å². The van der Waals surface area contributed by atoms with E-state index < -0.39 is 11.8 Å². The van der Waals surface area contributed by atoms with Gasteiger partial charge in [-0.2, -0.15) is 0 Å². The average Bonchev–Trinajstić information content (AvgIpc) is 3.03. The van der Waals surface area contributed by atoms with Crippen LogP contribution in [0.5, 0.6) is 0 Å². The highest BCUT2D eigenvalue weighted by Gasteiger charge is 2.38. The summed E-state index contributed by atoms with van der Waals surface area (Å²) in [6, 6.07) is 10.3. The topological polar surface area (TPSA) is 78.0 Å². The third-order valence-corrected chi connectivity index (χ3v) is 6.77. The molecule has 2 aliphatic rings. The molecule has 7 nitrogen and oxygen atoms in total. The van der Waals surface area contributed by atoms with Crippen molar-refractivity contribution in [3.05, 3.63) is 68.7 Å². The molecule has 2 aromatic carbocycles. The Morgan fingerprint density at radius 2 is 1.33 bits per heavy atom. The second kappa shape index (κ2) is 9.15. The van der Waals surface area contributed by atoms with Gasteiger partial charge < -0.3 is 9.80 Å². The second-order valence-corrected chi connectivity index (χ2v) is 9.27. The largest absolute Gasteiger partial charge is 0.338 e. The van der Waals surface area contributed by atoms with E-state index in [1.165, 1.54) is 17.7 Å². The minimum atomic E-state index is -0.569. The molecule has 0 bridgehead atoms. The van der Waals surface area contributed by atoms with Gasteiger partial charge in [0.1, 0.15) is 6.54 Å². The number of fused-ring (bicyclic) bond motifs is 1. The Hall–Kier alpha value is -2.90. The molecule has 0 aromatic heterocycles. The molecule has 9 heteroatoms. The van der Waals surface area contributed by atoms with Crippen LogP contribution >= 0.6 is 23.2 Å². The first-order chi connectivity index (χ1) is 15.7. The summed E-state index contributed by atoms with van der Waals surface area (Å²) in [6.45, 7) is 5.24. The molecule has 0 saturated carbocycles. The van der Waals surface area contributed by atoms with Crippen molar-refractivity contribution in [1.82, 2.24) is 14.7 Å². The maximum Gasteiger partial charge on any atom is 0.262 e. The molecule has 0 unspecified atom stereocenters. The normalized spacial score (nSPS) is 16.0. The van der Waals surface area contributed by atoms with Crippen LogP contribution in [0.2, 0.25) is 10.0 Å². The Labute approximate surface area is 201 Å². The van der Waals surface area contributed by atoms with Gasteiger partial charge in [-0.05, 0) is 35.7 Å². The van der Waals surface area contributed by atoms with Gasteiger partial charge >= 0.3 is 0 Å². The van der Waals surface area contributed by atoms with Crippen molar-refractivity contribution in [2.75, 3.05) is 32.7 Å². The van der Waals surface area contributed by atoms with Gasteiger partial charge in [-0.1, -0.05) is 49.2 Å². The number of amides is 4. The highest BCUT2D eigenvalue weighted by atomic mass is 35.5. The highest BCUT2D eigenvalue weighted by molar-refractivity contribution is 6.43. The van der Waals surface area contributed by atoms with Crippen LogP contribution < -0.4 is 0 Å². The van der Waals surface area contributed by atoms with Gasteiger partial charge in [-0.15, -0.1) is 0 Å². The highest BCUT2D eigenvalue weighted by Crippen LogP contribution is 2.31. The van der Waals surface area contributed by atoms with E-state index in [1.807, 2.05) is 24.3 Å². The summed E-state index contributed by atoms with van der Waals surface area (Å²) < 4.78 is 0. The monoisotopic (exact) mass is 487 g/mol. The van der Waals surface area contributed by atoms with E-state index in [-0.39, 0.29) is 39.5 Å². The fraction of sp³-hybridized carbons (Fsp3) is 0.333. The summed E-state index contributed by atoms with van der Waals surface area (Å²) in [6.07, 6.45) is 0. The van der Waals surface area contributed by atoms with Crippen LogP contribution in [0.25, 0.3) is 0 Å². The van der Waals surface area contributed by atoms with Crippen LogP contribution in [-0.4, -0.2) is 71.1 Å². The Morgan fingerprint density at radius 3 is 1.82 bits per heavy atom. The van der Waals surface area contributed by atoms with Gasteiger partial charge in [-0.3, -0.25) is 24.1 Å². The number of hydrogen-bond acceptors (Lipinski definition) is 4. The van der Waals surface area contributed by atoms with Gasteiger partial charge in [-0.25, -0.2) is 0 Å². The van der Waals surface area contributed by atoms with Crippen molar-refractivity contribution in [2.24, 2.45) is 0 Å². The minimum absolute atomic E-state index is 0.0773. The smallest absolute Gasteiger partial charge is 0.262 e. The molecule has 4 rings (SSSR count). The number of nitrogens with zero attached hydrogens (tertiary/aromatic N) is 3. The van der Waals surface area contributed by atoms with Crippen molar-refractivity contribution in [3.63, 3.8) is 0 Å². The maximum absolute atomic E-state index is 12.8. The summed E-state index contributed by atoms with van der Waals surface area (Å²) in [5, 5.41) is 0.341. The van der Waals surface area contributed by atoms with E-state index in [0.29, 0.717) is 37.7 Å². The van der Waals surface area contributed by atoms with Crippen molar-refractivity contribution >= 4 is 46.8 Å². The summed E-state index contributed by atoms with van der Waals surface area (Å²) in [7, 11) is 0. The van der Waals surface area contributed by atoms with Gasteiger partial charge in [0.25, 0.3) is 17.7 Å².